The molecule has 2 rings (SSSR count). The van der Waals surface area contributed by atoms with Crippen LogP contribution in [-0.4, -0.2) is 52.1 Å². The molecule has 40 heavy (non-hydrogen) atoms. The Bertz CT molecular complexity index is 1270. The van der Waals surface area contributed by atoms with Gasteiger partial charge in [-0.15, -0.1) is 0 Å². The van der Waals surface area contributed by atoms with Crippen molar-refractivity contribution in [3.63, 3.8) is 0 Å². The number of nitrogens with two attached hydrogens (primary N) is 1. The van der Waals surface area contributed by atoms with Gasteiger partial charge in [0.15, 0.2) is 6.23 Å². The summed E-state index contributed by atoms with van der Waals surface area (Å²) in [5.41, 5.74) is 3.74. The van der Waals surface area contributed by atoms with Gasteiger partial charge in [0.2, 0.25) is 0 Å². The lowest BCUT2D eigenvalue weighted by Crippen LogP contribution is -2.40. The molecule has 0 saturated carbocycles. The molecule has 2 heterocycles. The number of aliphatic hydroxyl groups is 1. The Kier molecular flexibility index (Phi) is 11.8. The summed E-state index contributed by atoms with van der Waals surface area (Å²) >= 11 is 0. The largest absolute Gasteiger partial charge is 0.465 e. The zero-order chi connectivity index (χ0) is 30.1. The Labute approximate surface area is 233 Å². The Morgan fingerprint density at radius 1 is 1.52 bits per heavy atom. The molecule has 1 unspecified atom stereocenters. The van der Waals surface area contributed by atoms with Gasteiger partial charge in [0.05, 0.1) is 19.3 Å². The molecule has 1 aromatic heterocycles. The lowest BCUT2D eigenvalue weighted by molar-refractivity contribution is -0.145. The van der Waals surface area contributed by atoms with Gasteiger partial charge in [-0.3, -0.25) is 13.9 Å². The first-order chi connectivity index (χ1) is 18.8. The van der Waals surface area contributed by atoms with Crippen molar-refractivity contribution < 1.29 is 33.0 Å². The Morgan fingerprint density at radius 2 is 2.23 bits per heavy atom. The monoisotopic (exact) mass is 579 g/mol. The summed E-state index contributed by atoms with van der Waals surface area (Å²) in [5.74, 6) is -0.573. The third-order valence-corrected chi connectivity index (χ3v) is 7.82. The number of aromatic nitrogens is 2. The number of nitrogens with zero attached hydrogens (tertiary/aromatic N) is 3. The summed E-state index contributed by atoms with van der Waals surface area (Å²) in [7, 11) is -4.34. The van der Waals surface area contributed by atoms with E-state index in [0.717, 1.165) is 11.0 Å². The van der Waals surface area contributed by atoms with Crippen molar-refractivity contribution in [2.75, 3.05) is 18.9 Å². The normalized spacial score (nSPS) is 25.5. The first-order valence-corrected chi connectivity index (χ1v) is 14.3. The first kappa shape index (κ1) is 32.9. The van der Waals surface area contributed by atoms with E-state index in [1.165, 1.54) is 32.2 Å². The third-order valence-electron chi connectivity index (χ3n) is 6.19. The number of aliphatic hydroxyl groups excluding tert-OH is 1. The fourth-order valence-electron chi connectivity index (χ4n) is 3.85. The predicted molar refractivity (Wildman–Crippen MR) is 147 cm³/mol. The molecule has 14 heteroatoms. The number of hydrogen-bond donors (Lipinski definition) is 3. The summed E-state index contributed by atoms with van der Waals surface area (Å²) in [6.45, 7) is 11.6. The number of nitrogen functional groups attached to an aromatic ring is 1. The number of unbranched alkanes of at least 4 members (excludes halogenated alkanes) is 1. The maximum absolute atomic E-state index is 13.9. The summed E-state index contributed by atoms with van der Waals surface area (Å²) in [4.78, 5) is 28.6. The van der Waals surface area contributed by atoms with Crippen molar-refractivity contribution in [2.45, 2.75) is 71.9 Å². The smallest absolute Gasteiger partial charge is 0.459 e. The highest BCUT2D eigenvalue weighted by Crippen LogP contribution is 2.50. The molecule has 1 aromatic rings. The summed E-state index contributed by atoms with van der Waals surface area (Å²) in [5, 5.41) is 23.5. The van der Waals surface area contributed by atoms with Gasteiger partial charge in [-0.05, 0) is 51.8 Å². The van der Waals surface area contributed by atoms with Crippen molar-refractivity contribution in [3.05, 3.63) is 58.9 Å². The quantitative estimate of drug-likeness (QED) is 0.0962. The molecule has 0 aliphatic carbocycles. The number of carbonyl (C=O) groups is 1. The van der Waals surface area contributed by atoms with Crippen LogP contribution >= 0.6 is 7.75 Å². The lowest BCUT2D eigenvalue weighted by Gasteiger charge is -2.26. The van der Waals surface area contributed by atoms with Crippen LogP contribution in [0.25, 0.3) is 0 Å². The van der Waals surface area contributed by atoms with Gasteiger partial charge in [-0.1, -0.05) is 32.1 Å². The molecular weight excluding hydrogens is 541 g/mol. The minimum absolute atomic E-state index is 0.0240. The number of carbonyl (C=O) groups excluding carboxylic acids is 1. The summed E-state index contributed by atoms with van der Waals surface area (Å²) in [6, 6.07) is 2.25. The van der Waals surface area contributed by atoms with Gasteiger partial charge < -0.3 is 24.8 Å². The Morgan fingerprint density at radius 3 is 2.80 bits per heavy atom. The number of nitriles is 1. The lowest BCUT2D eigenvalue weighted by atomic mass is 9.84. The van der Waals surface area contributed by atoms with E-state index in [1.807, 2.05) is 13.0 Å². The minimum Gasteiger partial charge on any atom is -0.465 e. The number of allylic oxidation sites excluding steroid dienone is 4. The number of hydrogen-bond acceptors (Lipinski definition) is 11. The van der Waals surface area contributed by atoms with Crippen molar-refractivity contribution >= 4 is 19.5 Å². The molecule has 0 aromatic carbocycles. The summed E-state index contributed by atoms with van der Waals surface area (Å²) in [6.07, 6.45) is 3.61. The van der Waals surface area contributed by atoms with Crippen molar-refractivity contribution in [3.8, 4) is 6.07 Å². The van der Waals surface area contributed by atoms with Crippen LogP contribution in [0.4, 0.5) is 5.82 Å². The van der Waals surface area contributed by atoms with Gasteiger partial charge in [0.1, 0.15) is 35.2 Å². The van der Waals surface area contributed by atoms with Gasteiger partial charge in [-0.2, -0.15) is 15.3 Å². The van der Waals surface area contributed by atoms with Gasteiger partial charge >= 0.3 is 19.4 Å². The maximum Gasteiger partial charge on any atom is 0.459 e. The Balaban J connectivity index is 2.34. The van der Waals surface area contributed by atoms with E-state index in [1.54, 1.807) is 26.0 Å². The SMILES string of the molecule is C=C/C(OP(=O)(N[C@@H](C)C(=O)OCCCC)OC[C@H]1O[C@@H](n2ccc(N)nc2=O)[C@](C)(C#N)[C@@H]1O)=C(C)/C=C\C. The molecule has 13 nitrogen and oxygen atoms in total. The van der Waals surface area contributed by atoms with Crippen LogP contribution in [0.3, 0.4) is 0 Å². The topological polar surface area (TPSA) is 188 Å². The van der Waals surface area contributed by atoms with Crippen LogP contribution in [0.2, 0.25) is 0 Å². The third kappa shape index (κ3) is 7.90. The fourth-order valence-corrected chi connectivity index (χ4v) is 5.43. The maximum atomic E-state index is 13.9. The highest BCUT2D eigenvalue weighted by Gasteiger charge is 2.55. The molecule has 1 aliphatic heterocycles. The van der Waals surface area contributed by atoms with Gasteiger partial charge in [-0.25, -0.2) is 9.36 Å². The molecule has 1 aliphatic rings. The van der Waals surface area contributed by atoms with Crippen LogP contribution < -0.4 is 16.5 Å². The molecule has 220 valence electrons. The average molecular weight is 580 g/mol. The molecular formula is C26H38N5O8P. The predicted octanol–water partition coefficient (Wildman–Crippen LogP) is 3.11. The van der Waals surface area contributed by atoms with Gasteiger partial charge in [0, 0.05) is 6.20 Å². The minimum atomic E-state index is -4.34. The molecule has 0 radical (unpaired) electrons. The molecule has 4 N–H and O–H groups in total. The van der Waals surface area contributed by atoms with Crippen LogP contribution in [-0.2, 0) is 27.9 Å². The second-order valence-electron chi connectivity index (χ2n) is 9.42. The van der Waals surface area contributed by atoms with Crippen molar-refractivity contribution in [1.29, 1.82) is 5.26 Å². The van der Waals surface area contributed by atoms with E-state index in [-0.39, 0.29) is 18.2 Å². The van der Waals surface area contributed by atoms with E-state index >= 15 is 0 Å². The first-order valence-electron chi connectivity index (χ1n) is 12.8. The fraction of sp³-hybridized carbons (Fsp3) is 0.538. The van der Waals surface area contributed by atoms with E-state index in [9.17, 15) is 24.5 Å². The standard InChI is InChI=1S/C26H38N5O8P/c1-7-10-14-36-23(33)18(5)30-40(35,39-19(9-3)17(4)11-8-2)37-15-20-22(32)26(6,16-27)24(38-20)31-13-12-21(28)29-25(31)34/h8-9,11-13,18,20,22,24,32H,3,7,10,14-15H2,1-2,4-6H3,(H,30,35)(H2,28,29,34)/b11-8-,19-17-/t18-,20+,22+,24+,26+,40?/m0/s1. The number of rotatable bonds is 14. The van der Waals surface area contributed by atoms with E-state index in [0.29, 0.717) is 12.0 Å². The van der Waals surface area contributed by atoms with Gasteiger partial charge in [0.25, 0.3) is 0 Å². The average Bonchev–Trinajstić information content (AvgIpc) is 3.16. The molecule has 0 spiro atoms. The molecule has 1 fully saturated rings. The Hall–Kier alpha value is -3.27. The van der Waals surface area contributed by atoms with Crippen LogP contribution in [0.1, 0.15) is 53.7 Å². The van der Waals surface area contributed by atoms with E-state index in [2.05, 4.69) is 16.7 Å². The zero-order valence-corrected chi connectivity index (χ0v) is 24.3. The van der Waals surface area contributed by atoms with Crippen LogP contribution in [0.5, 0.6) is 0 Å². The second-order valence-corrected chi connectivity index (χ2v) is 11.1. The van der Waals surface area contributed by atoms with Crippen molar-refractivity contribution in [1.82, 2.24) is 14.6 Å². The van der Waals surface area contributed by atoms with Crippen LogP contribution in [0.15, 0.2) is 53.2 Å². The van der Waals surface area contributed by atoms with Crippen LogP contribution in [0, 0.1) is 16.7 Å². The molecule has 6 atom stereocenters. The number of esters is 1. The highest BCUT2D eigenvalue weighted by atomic mass is 31.2. The zero-order valence-electron chi connectivity index (χ0n) is 23.4. The highest BCUT2D eigenvalue weighted by molar-refractivity contribution is 7.51. The number of ether oxygens (including phenoxy) is 2. The molecule has 0 amide bonds. The summed E-state index contributed by atoms with van der Waals surface area (Å²) < 4.78 is 37.4. The second kappa shape index (κ2) is 14.4. The number of anilines is 1. The molecule has 0 bridgehead atoms. The van der Waals surface area contributed by atoms with E-state index < -0.39 is 55.9 Å². The molecule has 1 saturated heterocycles. The van der Waals surface area contributed by atoms with E-state index in [4.69, 9.17) is 24.3 Å². The van der Waals surface area contributed by atoms with Crippen molar-refractivity contribution in [2.24, 2.45) is 5.41 Å². The number of nitrogens with one attached hydrogen (secondary N) is 1.